The van der Waals surface area contributed by atoms with Gasteiger partial charge in [-0.25, -0.2) is 0 Å². The fourth-order valence-corrected chi connectivity index (χ4v) is 7.87. The van der Waals surface area contributed by atoms with E-state index >= 15 is 0 Å². The van der Waals surface area contributed by atoms with Crippen molar-refractivity contribution in [3.05, 3.63) is 58.2 Å². The van der Waals surface area contributed by atoms with E-state index in [4.69, 9.17) is 0 Å². The van der Waals surface area contributed by atoms with Gasteiger partial charge in [0.15, 0.2) is 5.78 Å². The fourth-order valence-electron chi connectivity index (χ4n) is 7.87. The number of likely N-dealkylation sites (tertiary alicyclic amines) is 1. The highest BCUT2D eigenvalue weighted by Gasteiger charge is 2.49. The topological polar surface area (TPSA) is 37.4 Å². The molecule has 1 amide bonds. The average Bonchev–Trinajstić information content (AvgIpc) is 3.47. The van der Waals surface area contributed by atoms with Crippen molar-refractivity contribution in [2.75, 3.05) is 13.1 Å². The van der Waals surface area contributed by atoms with Crippen molar-refractivity contribution in [3.8, 4) is 0 Å². The van der Waals surface area contributed by atoms with Gasteiger partial charge in [-0.3, -0.25) is 9.59 Å². The predicted octanol–water partition coefficient (Wildman–Crippen LogP) is 6.21. The molecule has 0 spiro atoms. The van der Waals surface area contributed by atoms with Crippen LogP contribution in [0, 0.1) is 17.3 Å². The van der Waals surface area contributed by atoms with Crippen molar-refractivity contribution < 1.29 is 9.59 Å². The standard InChI is InChI=1S/C29H35NO2/c1-29-13-4-5-26(29)23-11-10-21-17-22(31)18-25(27(21)24(23)12-14-29)19-6-8-20(9-7-19)28(32)30-15-2-3-16-30/h6-9,17,23,25-26H,2-5,10-16,18H2,1H3/t23-,25?,26+,29+/m1/s1. The Hall–Kier alpha value is -2.16. The second-order valence-electron chi connectivity index (χ2n) is 11.3. The van der Waals surface area contributed by atoms with Gasteiger partial charge in [0, 0.05) is 31.0 Å². The zero-order valence-electron chi connectivity index (χ0n) is 19.4. The van der Waals surface area contributed by atoms with Crippen LogP contribution >= 0.6 is 0 Å². The monoisotopic (exact) mass is 429 g/mol. The molecule has 1 aromatic carbocycles. The number of fused-ring (bicyclic) bond motifs is 4. The minimum atomic E-state index is 0.155. The summed E-state index contributed by atoms with van der Waals surface area (Å²) in [4.78, 5) is 27.4. The molecule has 5 aliphatic rings. The molecule has 0 bridgehead atoms. The molecular weight excluding hydrogens is 394 g/mol. The van der Waals surface area contributed by atoms with Gasteiger partial charge in [-0.15, -0.1) is 0 Å². The van der Waals surface area contributed by atoms with E-state index in [1.807, 2.05) is 23.1 Å². The SMILES string of the molecule is C[C@@]12CCC[C@H]1[C@@H]1CCC3=CC(=O)CC(c4ccc(C(=O)N5CCCC5)cc4)C3=C1CC2. The number of carbonyl (C=O) groups is 2. The number of hydrogen-bond acceptors (Lipinski definition) is 2. The lowest BCUT2D eigenvalue weighted by atomic mass is 9.56. The normalized spacial score (nSPS) is 34.2. The van der Waals surface area contributed by atoms with Crippen LogP contribution in [0.4, 0.5) is 0 Å². The maximum atomic E-state index is 12.8. The van der Waals surface area contributed by atoms with Gasteiger partial charge in [-0.05, 0) is 104 Å². The van der Waals surface area contributed by atoms with E-state index in [0.717, 1.165) is 49.8 Å². The Morgan fingerprint density at radius 1 is 1.00 bits per heavy atom. The van der Waals surface area contributed by atoms with Crippen LogP contribution in [0.25, 0.3) is 0 Å². The van der Waals surface area contributed by atoms with E-state index in [2.05, 4.69) is 19.1 Å². The third kappa shape index (κ3) is 3.23. The van der Waals surface area contributed by atoms with Crippen molar-refractivity contribution >= 4 is 11.7 Å². The Kier molecular flexibility index (Phi) is 4.93. The van der Waals surface area contributed by atoms with Gasteiger partial charge in [-0.1, -0.05) is 31.1 Å². The van der Waals surface area contributed by atoms with Crippen molar-refractivity contribution in [2.24, 2.45) is 17.3 Å². The van der Waals surface area contributed by atoms with Gasteiger partial charge in [0.05, 0.1) is 0 Å². The number of carbonyl (C=O) groups excluding carboxylic acids is 2. The largest absolute Gasteiger partial charge is 0.339 e. The fraction of sp³-hybridized carbons (Fsp3) is 0.586. The zero-order chi connectivity index (χ0) is 21.9. The van der Waals surface area contributed by atoms with Crippen LogP contribution in [0.15, 0.2) is 47.1 Å². The summed E-state index contributed by atoms with van der Waals surface area (Å²) in [5, 5.41) is 0. The molecule has 0 radical (unpaired) electrons. The first kappa shape index (κ1) is 20.4. The van der Waals surface area contributed by atoms with Crippen molar-refractivity contribution in [2.45, 2.75) is 77.0 Å². The maximum absolute atomic E-state index is 12.8. The first-order valence-electron chi connectivity index (χ1n) is 12.9. The molecule has 3 nitrogen and oxygen atoms in total. The molecule has 168 valence electrons. The van der Waals surface area contributed by atoms with Crippen LogP contribution in [0.5, 0.6) is 0 Å². The molecule has 0 aromatic heterocycles. The van der Waals surface area contributed by atoms with Gasteiger partial charge < -0.3 is 4.90 Å². The smallest absolute Gasteiger partial charge is 0.253 e. The molecule has 4 atom stereocenters. The third-order valence-corrected chi connectivity index (χ3v) is 9.52. The highest BCUT2D eigenvalue weighted by atomic mass is 16.2. The van der Waals surface area contributed by atoms with Crippen LogP contribution in [0.3, 0.4) is 0 Å². The molecule has 3 heteroatoms. The molecule has 0 N–H and O–H groups in total. The first-order chi connectivity index (χ1) is 15.5. The van der Waals surface area contributed by atoms with E-state index in [1.165, 1.54) is 55.2 Å². The van der Waals surface area contributed by atoms with Gasteiger partial charge >= 0.3 is 0 Å². The maximum Gasteiger partial charge on any atom is 0.253 e. The highest BCUT2D eigenvalue weighted by molar-refractivity contribution is 5.95. The number of benzene rings is 1. The summed E-state index contributed by atoms with van der Waals surface area (Å²) in [6.07, 6.45) is 13.7. The van der Waals surface area contributed by atoms with E-state index in [-0.39, 0.29) is 17.6 Å². The molecule has 2 saturated carbocycles. The van der Waals surface area contributed by atoms with Crippen LogP contribution in [0.1, 0.15) is 93.0 Å². The second-order valence-corrected chi connectivity index (χ2v) is 11.3. The number of amides is 1. The molecule has 1 unspecified atom stereocenters. The minimum Gasteiger partial charge on any atom is -0.339 e. The Bertz CT molecular complexity index is 1010. The number of hydrogen-bond donors (Lipinski definition) is 0. The van der Waals surface area contributed by atoms with E-state index in [0.29, 0.717) is 11.8 Å². The molecule has 1 aliphatic heterocycles. The third-order valence-electron chi connectivity index (χ3n) is 9.52. The predicted molar refractivity (Wildman–Crippen MR) is 126 cm³/mol. The lowest BCUT2D eigenvalue weighted by Gasteiger charge is -2.48. The zero-order valence-corrected chi connectivity index (χ0v) is 19.4. The molecule has 1 saturated heterocycles. The summed E-state index contributed by atoms with van der Waals surface area (Å²) in [7, 11) is 0. The Balaban J connectivity index is 1.35. The number of nitrogens with zero attached hydrogens (tertiary/aromatic N) is 1. The number of rotatable bonds is 2. The summed E-state index contributed by atoms with van der Waals surface area (Å²) in [5.74, 6) is 2.14. The lowest BCUT2D eigenvalue weighted by Crippen LogP contribution is -2.37. The summed E-state index contributed by atoms with van der Waals surface area (Å²) in [6.45, 7) is 4.29. The van der Waals surface area contributed by atoms with Crippen molar-refractivity contribution in [1.82, 2.24) is 4.90 Å². The lowest BCUT2D eigenvalue weighted by molar-refractivity contribution is -0.115. The van der Waals surface area contributed by atoms with Gasteiger partial charge in [0.2, 0.25) is 0 Å². The second kappa shape index (κ2) is 7.71. The van der Waals surface area contributed by atoms with Crippen LogP contribution in [0.2, 0.25) is 0 Å². The van der Waals surface area contributed by atoms with E-state index in [9.17, 15) is 9.59 Å². The molecule has 1 aromatic rings. The van der Waals surface area contributed by atoms with E-state index < -0.39 is 0 Å². The number of allylic oxidation sites excluding steroid dienone is 4. The summed E-state index contributed by atoms with van der Waals surface area (Å²) < 4.78 is 0. The molecule has 4 aliphatic carbocycles. The van der Waals surface area contributed by atoms with E-state index in [1.54, 1.807) is 5.57 Å². The Morgan fingerprint density at radius 3 is 2.56 bits per heavy atom. The minimum absolute atomic E-state index is 0.155. The van der Waals surface area contributed by atoms with Crippen LogP contribution in [-0.2, 0) is 4.79 Å². The van der Waals surface area contributed by atoms with Gasteiger partial charge in [-0.2, -0.15) is 0 Å². The summed E-state index contributed by atoms with van der Waals surface area (Å²) in [6, 6.07) is 8.26. The molecular formula is C29H35NO2. The summed E-state index contributed by atoms with van der Waals surface area (Å²) >= 11 is 0. The van der Waals surface area contributed by atoms with Gasteiger partial charge in [0.25, 0.3) is 5.91 Å². The van der Waals surface area contributed by atoms with Crippen molar-refractivity contribution in [3.63, 3.8) is 0 Å². The van der Waals surface area contributed by atoms with Crippen LogP contribution in [-0.4, -0.2) is 29.7 Å². The molecule has 3 fully saturated rings. The van der Waals surface area contributed by atoms with Crippen LogP contribution < -0.4 is 0 Å². The molecule has 1 heterocycles. The quantitative estimate of drug-likeness (QED) is 0.560. The van der Waals surface area contributed by atoms with Crippen molar-refractivity contribution in [1.29, 1.82) is 0 Å². The highest BCUT2D eigenvalue weighted by Crippen LogP contribution is 2.61. The Labute approximate surface area is 191 Å². The Morgan fingerprint density at radius 2 is 1.78 bits per heavy atom. The molecule has 6 rings (SSSR count). The first-order valence-corrected chi connectivity index (χ1v) is 12.9. The average molecular weight is 430 g/mol. The number of ketones is 1. The van der Waals surface area contributed by atoms with Gasteiger partial charge in [0.1, 0.15) is 0 Å². The molecule has 32 heavy (non-hydrogen) atoms. The summed E-state index contributed by atoms with van der Waals surface area (Å²) in [5.41, 5.74) is 7.04.